The van der Waals surface area contributed by atoms with Crippen LogP contribution in [0.25, 0.3) is 11.4 Å². The number of nitrogens with two attached hydrogens (primary N) is 1. The first kappa shape index (κ1) is 19.4. The first-order chi connectivity index (χ1) is 13.2. The fraction of sp³-hybridized carbons (Fsp3) is 0.550. The van der Waals surface area contributed by atoms with Crippen molar-refractivity contribution in [1.82, 2.24) is 15.0 Å². The molecule has 7 heteroatoms. The minimum Gasteiger partial charge on any atom is -0.497 e. The van der Waals surface area contributed by atoms with Crippen molar-refractivity contribution in [1.29, 1.82) is 0 Å². The van der Waals surface area contributed by atoms with Crippen molar-refractivity contribution < 1.29 is 14.1 Å². The van der Waals surface area contributed by atoms with Gasteiger partial charge in [0.05, 0.1) is 7.11 Å². The lowest BCUT2D eigenvalue weighted by Gasteiger charge is -2.33. The molecule has 1 aromatic carbocycles. The number of likely N-dealkylation sites (tertiary alicyclic amines) is 1. The fourth-order valence-electron chi connectivity index (χ4n) is 3.48. The average Bonchev–Trinajstić information content (AvgIpc) is 3.21. The first-order valence-electron chi connectivity index (χ1n) is 9.70. The number of nitrogens with zero attached hydrogens (tertiary/aromatic N) is 3. The molecule has 1 saturated heterocycles. The Kier molecular flexibility index (Phi) is 6.81. The van der Waals surface area contributed by atoms with Crippen molar-refractivity contribution in [2.45, 2.75) is 51.0 Å². The number of hydrogen-bond donors (Lipinski definition) is 1. The van der Waals surface area contributed by atoms with Crippen LogP contribution in [0.15, 0.2) is 28.8 Å². The highest BCUT2D eigenvalue weighted by Gasteiger charge is 2.31. The number of ether oxygens (including phenoxy) is 1. The molecule has 0 radical (unpaired) electrons. The summed E-state index contributed by atoms with van der Waals surface area (Å²) in [5, 5.41) is 4.12. The maximum atomic E-state index is 12.7. The molecule has 1 aliphatic rings. The van der Waals surface area contributed by atoms with Crippen LogP contribution in [0.4, 0.5) is 0 Å². The molecule has 2 N–H and O–H groups in total. The molecule has 0 spiro atoms. The molecule has 0 unspecified atom stereocenters. The lowest BCUT2D eigenvalue weighted by atomic mass is 10.0. The van der Waals surface area contributed by atoms with E-state index in [1.807, 2.05) is 29.2 Å². The van der Waals surface area contributed by atoms with Crippen molar-refractivity contribution in [3.8, 4) is 17.1 Å². The van der Waals surface area contributed by atoms with Crippen LogP contribution in [0, 0.1) is 0 Å². The van der Waals surface area contributed by atoms with Crippen LogP contribution >= 0.6 is 0 Å². The summed E-state index contributed by atoms with van der Waals surface area (Å²) in [7, 11) is 1.62. The van der Waals surface area contributed by atoms with Crippen LogP contribution in [0.1, 0.15) is 56.9 Å². The van der Waals surface area contributed by atoms with Crippen LogP contribution < -0.4 is 10.5 Å². The minimum atomic E-state index is -0.132. The number of rotatable bonds is 8. The largest absolute Gasteiger partial charge is 0.497 e. The van der Waals surface area contributed by atoms with E-state index in [9.17, 15) is 4.79 Å². The third kappa shape index (κ3) is 4.86. The maximum Gasteiger partial charge on any atom is 0.249 e. The van der Waals surface area contributed by atoms with E-state index in [0.717, 1.165) is 56.4 Å². The number of aromatic nitrogens is 2. The van der Waals surface area contributed by atoms with Gasteiger partial charge >= 0.3 is 0 Å². The van der Waals surface area contributed by atoms with Gasteiger partial charge in [0.15, 0.2) is 0 Å². The number of hydrogen-bond acceptors (Lipinski definition) is 6. The second-order valence-corrected chi connectivity index (χ2v) is 6.89. The molecule has 1 atom stereocenters. The molecule has 0 saturated carbocycles. The summed E-state index contributed by atoms with van der Waals surface area (Å²) in [5.41, 5.74) is 6.36. The molecule has 0 aliphatic carbocycles. The summed E-state index contributed by atoms with van der Waals surface area (Å²) in [4.78, 5) is 19.2. The number of piperidine rings is 1. The summed E-state index contributed by atoms with van der Waals surface area (Å²) < 4.78 is 10.8. The van der Waals surface area contributed by atoms with E-state index in [2.05, 4.69) is 10.1 Å². The Hall–Kier alpha value is -2.41. The van der Waals surface area contributed by atoms with E-state index >= 15 is 0 Å². The Morgan fingerprint density at radius 1 is 1.33 bits per heavy atom. The standard InChI is InChI=1S/C20H28N4O3/c1-26-16-9-7-8-15(14-16)19-22-20(27-23-19)17-10-4-6-13-24(17)18(25)11-3-2-5-12-21/h7-9,14,17H,2-6,10-13,21H2,1H3/t17-/m0/s1. The third-order valence-corrected chi connectivity index (χ3v) is 4.97. The van der Waals surface area contributed by atoms with E-state index < -0.39 is 0 Å². The lowest BCUT2D eigenvalue weighted by Crippen LogP contribution is -2.38. The van der Waals surface area contributed by atoms with Crippen LogP contribution in [0.2, 0.25) is 0 Å². The van der Waals surface area contributed by atoms with Crippen LogP contribution in [-0.2, 0) is 4.79 Å². The molecule has 1 amide bonds. The van der Waals surface area contributed by atoms with Gasteiger partial charge < -0.3 is 19.9 Å². The van der Waals surface area contributed by atoms with Crippen molar-refractivity contribution in [2.24, 2.45) is 5.73 Å². The summed E-state index contributed by atoms with van der Waals surface area (Å²) in [6.45, 7) is 1.42. The van der Waals surface area contributed by atoms with Crippen LogP contribution in [0.3, 0.4) is 0 Å². The van der Waals surface area contributed by atoms with Gasteiger partial charge in [0.2, 0.25) is 17.6 Å². The highest BCUT2D eigenvalue weighted by atomic mass is 16.5. The average molecular weight is 372 g/mol. The molecule has 1 fully saturated rings. The molecular formula is C20H28N4O3. The molecule has 3 rings (SSSR count). The van der Waals surface area contributed by atoms with Gasteiger partial charge in [-0.05, 0) is 50.8 Å². The normalized spacial score (nSPS) is 17.1. The van der Waals surface area contributed by atoms with E-state index in [0.29, 0.717) is 24.7 Å². The second-order valence-electron chi connectivity index (χ2n) is 6.89. The molecular weight excluding hydrogens is 344 g/mol. The van der Waals surface area contributed by atoms with Crippen molar-refractivity contribution in [2.75, 3.05) is 20.2 Å². The van der Waals surface area contributed by atoms with E-state index in [1.54, 1.807) is 7.11 Å². The predicted molar refractivity (Wildman–Crippen MR) is 102 cm³/mol. The fourth-order valence-corrected chi connectivity index (χ4v) is 3.48. The number of carbonyl (C=O) groups excluding carboxylic acids is 1. The van der Waals surface area contributed by atoms with Crippen LogP contribution in [-0.4, -0.2) is 41.1 Å². The molecule has 2 heterocycles. The topological polar surface area (TPSA) is 94.5 Å². The highest BCUT2D eigenvalue weighted by molar-refractivity contribution is 5.76. The maximum absolute atomic E-state index is 12.7. The molecule has 7 nitrogen and oxygen atoms in total. The lowest BCUT2D eigenvalue weighted by molar-refractivity contribution is -0.135. The number of methoxy groups -OCH3 is 1. The molecule has 27 heavy (non-hydrogen) atoms. The number of benzene rings is 1. The molecule has 1 aliphatic heterocycles. The van der Waals surface area contributed by atoms with Gasteiger partial charge in [-0.25, -0.2) is 0 Å². The Morgan fingerprint density at radius 2 is 2.22 bits per heavy atom. The van der Waals surface area contributed by atoms with E-state index in [-0.39, 0.29) is 11.9 Å². The summed E-state index contributed by atoms with van der Waals surface area (Å²) in [6, 6.07) is 7.42. The van der Waals surface area contributed by atoms with Gasteiger partial charge in [-0.3, -0.25) is 4.79 Å². The molecule has 2 aromatic rings. The summed E-state index contributed by atoms with van der Waals surface area (Å²) in [5.74, 6) is 1.94. The second kappa shape index (κ2) is 9.50. The van der Waals surface area contributed by atoms with Crippen molar-refractivity contribution in [3.05, 3.63) is 30.2 Å². The zero-order valence-corrected chi connectivity index (χ0v) is 15.9. The zero-order valence-electron chi connectivity index (χ0n) is 15.9. The Morgan fingerprint density at radius 3 is 3.04 bits per heavy atom. The number of unbranched alkanes of at least 4 members (excludes halogenated alkanes) is 2. The van der Waals surface area contributed by atoms with Crippen molar-refractivity contribution in [3.63, 3.8) is 0 Å². The number of amides is 1. The Balaban J connectivity index is 1.71. The quantitative estimate of drug-likeness (QED) is 0.714. The van der Waals surface area contributed by atoms with Crippen molar-refractivity contribution >= 4 is 5.91 Å². The molecule has 146 valence electrons. The monoisotopic (exact) mass is 372 g/mol. The molecule has 0 bridgehead atoms. The Bertz CT molecular complexity index is 746. The molecule has 1 aromatic heterocycles. The Labute approximate surface area is 159 Å². The highest BCUT2D eigenvalue weighted by Crippen LogP contribution is 2.32. The van der Waals surface area contributed by atoms with Gasteiger partial charge in [0, 0.05) is 18.5 Å². The minimum absolute atomic E-state index is 0.132. The van der Waals surface area contributed by atoms with Gasteiger partial charge in [0.25, 0.3) is 0 Å². The zero-order chi connectivity index (χ0) is 19.1. The predicted octanol–water partition coefficient (Wildman–Crippen LogP) is 3.32. The first-order valence-corrected chi connectivity index (χ1v) is 9.70. The van der Waals surface area contributed by atoms with Gasteiger partial charge in [0.1, 0.15) is 11.8 Å². The SMILES string of the molecule is COc1cccc(-c2noc([C@@H]3CCCCN3C(=O)CCCCCN)n2)c1. The van der Waals surface area contributed by atoms with Crippen LogP contribution in [0.5, 0.6) is 5.75 Å². The third-order valence-electron chi connectivity index (χ3n) is 4.97. The summed E-state index contributed by atoms with van der Waals surface area (Å²) in [6.07, 6.45) is 6.30. The number of carbonyl (C=O) groups is 1. The van der Waals surface area contributed by atoms with Gasteiger partial charge in [-0.15, -0.1) is 0 Å². The van der Waals surface area contributed by atoms with Gasteiger partial charge in [-0.2, -0.15) is 4.98 Å². The van der Waals surface area contributed by atoms with Gasteiger partial charge in [-0.1, -0.05) is 23.7 Å². The van der Waals surface area contributed by atoms with E-state index in [1.165, 1.54) is 0 Å². The van der Waals surface area contributed by atoms with E-state index in [4.69, 9.17) is 15.0 Å². The smallest absolute Gasteiger partial charge is 0.249 e. The summed E-state index contributed by atoms with van der Waals surface area (Å²) >= 11 is 0.